The number of nitrogens with zero attached hydrogens (tertiary/aromatic N) is 1. The molecule has 4 heteroatoms. The SMILES string of the molecule is CCOc1ccc(C(C)N2Cc3ccccc3C2=O)cc1OCC. The van der Waals surface area contributed by atoms with Crippen molar-refractivity contribution in [2.24, 2.45) is 0 Å². The van der Waals surface area contributed by atoms with Crippen molar-refractivity contribution in [3.8, 4) is 11.5 Å². The average molecular weight is 325 g/mol. The van der Waals surface area contributed by atoms with Crippen LogP contribution < -0.4 is 9.47 Å². The summed E-state index contributed by atoms with van der Waals surface area (Å²) in [6.07, 6.45) is 0. The molecule has 0 N–H and O–H groups in total. The van der Waals surface area contributed by atoms with E-state index in [4.69, 9.17) is 9.47 Å². The van der Waals surface area contributed by atoms with Gasteiger partial charge in [0.2, 0.25) is 0 Å². The van der Waals surface area contributed by atoms with E-state index in [9.17, 15) is 4.79 Å². The quantitative estimate of drug-likeness (QED) is 0.799. The van der Waals surface area contributed by atoms with Gasteiger partial charge in [0.15, 0.2) is 11.5 Å². The third-order valence-corrected chi connectivity index (χ3v) is 4.37. The van der Waals surface area contributed by atoms with Crippen molar-refractivity contribution in [1.29, 1.82) is 0 Å². The fraction of sp³-hybridized carbons (Fsp3) is 0.350. The van der Waals surface area contributed by atoms with Crippen molar-refractivity contribution in [3.05, 3.63) is 59.2 Å². The first kappa shape index (κ1) is 16.4. The predicted molar refractivity (Wildman–Crippen MR) is 93.5 cm³/mol. The summed E-state index contributed by atoms with van der Waals surface area (Å²) < 4.78 is 11.3. The first-order chi connectivity index (χ1) is 11.7. The molecule has 0 aliphatic carbocycles. The van der Waals surface area contributed by atoms with Gasteiger partial charge in [-0.05, 0) is 50.1 Å². The van der Waals surface area contributed by atoms with Crippen molar-refractivity contribution in [2.45, 2.75) is 33.4 Å². The number of fused-ring (bicyclic) bond motifs is 1. The second-order valence-corrected chi connectivity index (χ2v) is 5.84. The Morgan fingerprint density at radius 1 is 1.04 bits per heavy atom. The molecule has 1 heterocycles. The molecule has 0 saturated carbocycles. The van der Waals surface area contributed by atoms with Gasteiger partial charge in [0.1, 0.15) is 0 Å². The topological polar surface area (TPSA) is 38.8 Å². The molecule has 0 bridgehead atoms. The van der Waals surface area contributed by atoms with Crippen molar-refractivity contribution in [3.63, 3.8) is 0 Å². The van der Waals surface area contributed by atoms with Crippen molar-refractivity contribution >= 4 is 5.91 Å². The van der Waals surface area contributed by atoms with E-state index in [1.807, 2.05) is 61.2 Å². The normalized spacial score (nSPS) is 14.5. The van der Waals surface area contributed by atoms with Gasteiger partial charge in [-0.1, -0.05) is 24.3 Å². The van der Waals surface area contributed by atoms with Gasteiger partial charge in [-0.2, -0.15) is 0 Å². The Labute approximate surface area is 143 Å². The standard InChI is InChI=1S/C20H23NO3/c1-4-23-18-11-10-15(12-19(18)24-5-2)14(3)21-13-16-8-6-7-9-17(16)20(21)22/h6-12,14H,4-5,13H2,1-3H3. The van der Waals surface area contributed by atoms with Crippen LogP contribution in [0.4, 0.5) is 0 Å². The monoisotopic (exact) mass is 325 g/mol. The van der Waals surface area contributed by atoms with E-state index in [-0.39, 0.29) is 11.9 Å². The first-order valence-corrected chi connectivity index (χ1v) is 8.44. The summed E-state index contributed by atoms with van der Waals surface area (Å²) in [4.78, 5) is 14.6. The van der Waals surface area contributed by atoms with Crippen LogP contribution in [0.2, 0.25) is 0 Å². The summed E-state index contributed by atoms with van der Waals surface area (Å²) in [5, 5.41) is 0. The molecule has 1 aliphatic rings. The Kier molecular flexibility index (Phi) is 4.74. The van der Waals surface area contributed by atoms with E-state index in [0.29, 0.717) is 19.8 Å². The number of carbonyl (C=O) groups is 1. The van der Waals surface area contributed by atoms with E-state index in [1.165, 1.54) is 0 Å². The molecule has 1 aliphatic heterocycles. The molecule has 0 spiro atoms. The number of amides is 1. The Hall–Kier alpha value is -2.49. The molecule has 4 nitrogen and oxygen atoms in total. The largest absolute Gasteiger partial charge is 0.490 e. The van der Waals surface area contributed by atoms with Crippen molar-refractivity contribution in [2.75, 3.05) is 13.2 Å². The van der Waals surface area contributed by atoms with Crippen LogP contribution in [0.25, 0.3) is 0 Å². The van der Waals surface area contributed by atoms with Gasteiger partial charge in [-0.25, -0.2) is 0 Å². The second-order valence-electron chi connectivity index (χ2n) is 5.84. The van der Waals surface area contributed by atoms with Crippen LogP contribution in [0.5, 0.6) is 11.5 Å². The van der Waals surface area contributed by atoms with Gasteiger partial charge >= 0.3 is 0 Å². The first-order valence-electron chi connectivity index (χ1n) is 8.44. The summed E-state index contributed by atoms with van der Waals surface area (Å²) in [6, 6.07) is 13.7. The van der Waals surface area contributed by atoms with Crippen LogP contribution >= 0.6 is 0 Å². The molecule has 1 unspecified atom stereocenters. The minimum atomic E-state index is -0.0280. The molecule has 1 atom stereocenters. The molecule has 2 aromatic carbocycles. The molecular weight excluding hydrogens is 302 g/mol. The molecular formula is C20H23NO3. The maximum absolute atomic E-state index is 12.7. The predicted octanol–water partition coefficient (Wildman–Crippen LogP) is 4.20. The Bertz CT molecular complexity index is 741. The zero-order valence-electron chi connectivity index (χ0n) is 14.4. The van der Waals surface area contributed by atoms with Gasteiger partial charge < -0.3 is 14.4 Å². The minimum absolute atomic E-state index is 0.0280. The van der Waals surface area contributed by atoms with Crippen LogP contribution in [-0.4, -0.2) is 24.0 Å². The lowest BCUT2D eigenvalue weighted by atomic mass is 10.1. The van der Waals surface area contributed by atoms with Crippen molar-refractivity contribution < 1.29 is 14.3 Å². The summed E-state index contributed by atoms with van der Waals surface area (Å²) in [7, 11) is 0. The highest BCUT2D eigenvalue weighted by Crippen LogP contribution is 2.35. The van der Waals surface area contributed by atoms with Crippen LogP contribution in [0, 0.1) is 0 Å². The van der Waals surface area contributed by atoms with Gasteiger partial charge in [-0.3, -0.25) is 4.79 Å². The summed E-state index contributed by atoms with van der Waals surface area (Å²) >= 11 is 0. The number of rotatable bonds is 6. The highest BCUT2D eigenvalue weighted by Gasteiger charge is 2.31. The highest BCUT2D eigenvalue weighted by molar-refractivity contribution is 5.98. The van der Waals surface area contributed by atoms with Crippen LogP contribution in [0.15, 0.2) is 42.5 Å². The molecule has 24 heavy (non-hydrogen) atoms. The molecule has 3 rings (SSSR count). The average Bonchev–Trinajstić information content (AvgIpc) is 2.93. The third-order valence-electron chi connectivity index (χ3n) is 4.37. The van der Waals surface area contributed by atoms with E-state index in [1.54, 1.807) is 0 Å². The molecule has 0 fully saturated rings. The molecule has 126 valence electrons. The van der Waals surface area contributed by atoms with Gasteiger partial charge in [0, 0.05) is 12.1 Å². The lowest BCUT2D eigenvalue weighted by Gasteiger charge is -2.25. The summed E-state index contributed by atoms with van der Waals surface area (Å²) in [5.74, 6) is 1.56. The van der Waals surface area contributed by atoms with Gasteiger partial charge in [0.25, 0.3) is 5.91 Å². The molecule has 1 amide bonds. The maximum Gasteiger partial charge on any atom is 0.255 e. The highest BCUT2D eigenvalue weighted by atomic mass is 16.5. The van der Waals surface area contributed by atoms with Gasteiger partial charge in [-0.15, -0.1) is 0 Å². The Morgan fingerprint density at radius 3 is 2.46 bits per heavy atom. The molecule has 2 aromatic rings. The zero-order chi connectivity index (χ0) is 17.1. The number of hydrogen-bond acceptors (Lipinski definition) is 3. The van der Waals surface area contributed by atoms with Crippen molar-refractivity contribution in [1.82, 2.24) is 4.90 Å². The lowest BCUT2D eigenvalue weighted by Crippen LogP contribution is -2.27. The molecule has 0 aromatic heterocycles. The number of ether oxygens (including phenoxy) is 2. The van der Waals surface area contributed by atoms with Crippen LogP contribution in [0.1, 0.15) is 48.3 Å². The Balaban J connectivity index is 1.87. The third kappa shape index (κ3) is 2.96. The summed E-state index contributed by atoms with van der Waals surface area (Å²) in [5.41, 5.74) is 2.94. The second kappa shape index (κ2) is 6.95. The number of hydrogen-bond donors (Lipinski definition) is 0. The van der Waals surface area contributed by atoms with E-state index < -0.39 is 0 Å². The summed E-state index contributed by atoms with van der Waals surface area (Å²) in [6.45, 7) is 7.77. The van der Waals surface area contributed by atoms with E-state index in [2.05, 4.69) is 6.92 Å². The zero-order valence-corrected chi connectivity index (χ0v) is 14.4. The number of carbonyl (C=O) groups excluding carboxylic acids is 1. The molecule has 0 radical (unpaired) electrons. The van der Waals surface area contributed by atoms with Crippen LogP contribution in [-0.2, 0) is 6.54 Å². The fourth-order valence-corrected chi connectivity index (χ4v) is 3.10. The lowest BCUT2D eigenvalue weighted by molar-refractivity contribution is 0.0715. The van der Waals surface area contributed by atoms with E-state index in [0.717, 1.165) is 28.2 Å². The van der Waals surface area contributed by atoms with Gasteiger partial charge in [0.05, 0.1) is 19.3 Å². The number of benzene rings is 2. The Morgan fingerprint density at radius 2 is 1.75 bits per heavy atom. The smallest absolute Gasteiger partial charge is 0.255 e. The van der Waals surface area contributed by atoms with E-state index >= 15 is 0 Å². The fourth-order valence-electron chi connectivity index (χ4n) is 3.10. The minimum Gasteiger partial charge on any atom is -0.490 e. The molecule has 0 saturated heterocycles. The van der Waals surface area contributed by atoms with Crippen LogP contribution in [0.3, 0.4) is 0 Å². The maximum atomic E-state index is 12.7.